The molecule has 2 rings (SSSR count). The molecule has 8 heteroatoms. The van der Waals surface area contributed by atoms with E-state index in [1.807, 2.05) is 0 Å². The lowest BCUT2D eigenvalue weighted by atomic mass is 10.1. The summed E-state index contributed by atoms with van der Waals surface area (Å²) in [6.45, 7) is 1.80. The van der Waals surface area contributed by atoms with Gasteiger partial charge >= 0.3 is 5.82 Å². The SMILES string of the molecule is CCC1OC(n2cncc2[N+](=O)[O-])C(O)C1O. The Labute approximate surface area is 96.6 Å². The summed E-state index contributed by atoms with van der Waals surface area (Å²) in [4.78, 5) is 13.8. The average molecular weight is 243 g/mol. The smallest absolute Gasteiger partial charge is 0.344 e. The summed E-state index contributed by atoms with van der Waals surface area (Å²) in [5, 5.41) is 30.2. The molecule has 0 aromatic carbocycles. The van der Waals surface area contributed by atoms with Crippen LogP contribution in [0.1, 0.15) is 19.6 Å². The summed E-state index contributed by atoms with van der Waals surface area (Å²) in [6, 6.07) is 0. The second-order valence-electron chi connectivity index (χ2n) is 3.87. The minimum Gasteiger partial charge on any atom is -0.387 e. The standard InChI is InChI=1S/C9H13N3O5/c1-2-5-7(13)8(14)9(17-5)11-4-10-3-6(11)12(15)16/h3-5,7-9,13-14H,2H2,1H3. The number of rotatable bonds is 3. The maximum atomic E-state index is 10.7. The molecule has 0 amide bonds. The fraction of sp³-hybridized carbons (Fsp3) is 0.667. The van der Waals surface area contributed by atoms with Gasteiger partial charge in [-0.3, -0.25) is 0 Å². The molecule has 0 spiro atoms. The summed E-state index contributed by atoms with van der Waals surface area (Å²) < 4.78 is 6.50. The predicted octanol–water partition coefficient (Wildman–Crippen LogP) is -0.179. The molecule has 4 unspecified atom stereocenters. The zero-order valence-corrected chi connectivity index (χ0v) is 9.13. The largest absolute Gasteiger partial charge is 0.387 e. The molecule has 1 saturated heterocycles. The monoisotopic (exact) mass is 243 g/mol. The molecule has 2 heterocycles. The van der Waals surface area contributed by atoms with Crippen LogP contribution in [0.25, 0.3) is 0 Å². The van der Waals surface area contributed by atoms with Gasteiger partial charge in [0.2, 0.25) is 6.23 Å². The van der Waals surface area contributed by atoms with E-state index in [4.69, 9.17) is 4.74 Å². The highest BCUT2D eigenvalue weighted by molar-refractivity contribution is 5.16. The first-order chi connectivity index (χ1) is 8.06. The van der Waals surface area contributed by atoms with Gasteiger partial charge in [-0.1, -0.05) is 6.92 Å². The Hall–Kier alpha value is -1.51. The van der Waals surface area contributed by atoms with Gasteiger partial charge in [-0.15, -0.1) is 0 Å². The highest BCUT2D eigenvalue weighted by Gasteiger charge is 2.46. The Morgan fingerprint density at radius 2 is 2.29 bits per heavy atom. The molecular weight excluding hydrogens is 230 g/mol. The number of hydrogen-bond donors (Lipinski definition) is 2. The van der Waals surface area contributed by atoms with Gasteiger partial charge in [-0.25, -0.2) is 4.98 Å². The number of ether oxygens (including phenoxy) is 1. The molecule has 1 fully saturated rings. The Kier molecular flexibility index (Phi) is 3.09. The van der Waals surface area contributed by atoms with Crippen molar-refractivity contribution in [3.8, 4) is 0 Å². The summed E-state index contributed by atoms with van der Waals surface area (Å²) >= 11 is 0. The van der Waals surface area contributed by atoms with Crippen LogP contribution >= 0.6 is 0 Å². The van der Waals surface area contributed by atoms with Gasteiger partial charge in [-0.2, -0.15) is 4.57 Å². The summed E-state index contributed by atoms with van der Waals surface area (Å²) in [5.74, 6) is -0.280. The number of hydrogen-bond acceptors (Lipinski definition) is 6. The van der Waals surface area contributed by atoms with Gasteiger partial charge in [0.1, 0.15) is 18.4 Å². The molecule has 0 bridgehead atoms. The van der Waals surface area contributed by atoms with Crippen molar-refractivity contribution in [1.82, 2.24) is 9.55 Å². The maximum Gasteiger partial charge on any atom is 0.344 e. The Morgan fingerprint density at radius 3 is 2.82 bits per heavy atom. The van der Waals surface area contributed by atoms with Crippen LogP contribution in [-0.4, -0.2) is 43.0 Å². The molecule has 0 saturated carbocycles. The molecule has 2 N–H and O–H groups in total. The van der Waals surface area contributed by atoms with E-state index in [-0.39, 0.29) is 5.82 Å². The third-order valence-electron chi connectivity index (χ3n) is 2.85. The minimum atomic E-state index is -1.20. The van der Waals surface area contributed by atoms with Crippen molar-refractivity contribution in [3.05, 3.63) is 22.6 Å². The van der Waals surface area contributed by atoms with Crippen LogP contribution in [0.4, 0.5) is 5.82 Å². The summed E-state index contributed by atoms with van der Waals surface area (Å²) in [5.41, 5.74) is 0. The lowest BCUT2D eigenvalue weighted by molar-refractivity contribution is -0.394. The molecule has 1 aromatic heterocycles. The average Bonchev–Trinajstić information content (AvgIpc) is 2.86. The zero-order chi connectivity index (χ0) is 12.6. The van der Waals surface area contributed by atoms with Crippen molar-refractivity contribution in [1.29, 1.82) is 0 Å². The van der Waals surface area contributed by atoms with Crippen molar-refractivity contribution in [2.45, 2.75) is 37.9 Å². The number of nitro groups is 1. The minimum absolute atomic E-state index is 0.280. The van der Waals surface area contributed by atoms with E-state index in [0.29, 0.717) is 6.42 Å². The molecular formula is C9H13N3O5. The number of nitrogens with zero attached hydrogens (tertiary/aromatic N) is 3. The summed E-state index contributed by atoms with van der Waals surface area (Å²) in [6.07, 6.45) is -0.967. The van der Waals surface area contributed by atoms with Gasteiger partial charge in [0.25, 0.3) is 0 Å². The van der Waals surface area contributed by atoms with Crippen molar-refractivity contribution >= 4 is 5.82 Å². The molecule has 0 aliphatic carbocycles. The number of aromatic nitrogens is 2. The topological polar surface area (TPSA) is 111 Å². The van der Waals surface area contributed by atoms with E-state index in [2.05, 4.69) is 4.98 Å². The molecule has 17 heavy (non-hydrogen) atoms. The Balaban J connectivity index is 2.29. The van der Waals surface area contributed by atoms with E-state index >= 15 is 0 Å². The van der Waals surface area contributed by atoms with Crippen LogP contribution < -0.4 is 0 Å². The lowest BCUT2D eigenvalue weighted by Gasteiger charge is -2.12. The number of imidazole rings is 1. The second-order valence-corrected chi connectivity index (χ2v) is 3.87. The third-order valence-corrected chi connectivity index (χ3v) is 2.85. The molecule has 0 radical (unpaired) electrons. The fourth-order valence-electron chi connectivity index (χ4n) is 1.93. The number of aliphatic hydroxyl groups excluding tert-OH is 2. The third kappa shape index (κ3) is 1.90. The first kappa shape index (κ1) is 12.0. The van der Waals surface area contributed by atoms with Crippen molar-refractivity contribution in [3.63, 3.8) is 0 Å². The predicted molar refractivity (Wildman–Crippen MR) is 55.1 cm³/mol. The first-order valence-electron chi connectivity index (χ1n) is 5.24. The molecule has 1 aromatic rings. The van der Waals surface area contributed by atoms with Gasteiger partial charge in [0.15, 0.2) is 6.33 Å². The molecule has 1 aliphatic rings. The maximum absolute atomic E-state index is 10.7. The van der Waals surface area contributed by atoms with Crippen molar-refractivity contribution in [2.24, 2.45) is 0 Å². The van der Waals surface area contributed by atoms with Crippen LogP contribution in [0.3, 0.4) is 0 Å². The quantitative estimate of drug-likeness (QED) is 0.562. The Morgan fingerprint density at radius 1 is 1.59 bits per heavy atom. The van der Waals surface area contributed by atoms with E-state index in [1.54, 1.807) is 6.92 Å². The van der Waals surface area contributed by atoms with Crippen LogP contribution in [0.5, 0.6) is 0 Å². The molecule has 8 nitrogen and oxygen atoms in total. The lowest BCUT2D eigenvalue weighted by Crippen LogP contribution is -2.31. The fourth-order valence-corrected chi connectivity index (χ4v) is 1.93. The Bertz CT molecular complexity index is 421. The highest BCUT2D eigenvalue weighted by Crippen LogP contribution is 2.33. The normalized spacial score (nSPS) is 32.9. The van der Waals surface area contributed by atoms with Crippen LogP contribution in [0.15, 0.2) is 12.5 Å². The molecule has 4 atom stereocenters. The second kappa shape index (κ2) is 4.40. The van der Waals surface area contributed by atoms with Crippen LogP contribution in [0.2, 0.25) is 0 Å². The first-order valence-corrected chi connectivity index (χ1v) is 5.24. The summed E-state index contributed by atoms with van der Waals surface area (Å²) in [7, 11) is 0. The van der Waals surface area contributed by atoms with Gasteiger partial charge in [-0.05, 0) is 11.3 Å². The van der Waals surface area contributed by atoms with E-state index < -0.39 is 29.5 Å². The van der Waals surface area contributed by atoms with E-state index in [0.717, 1.165) is 10.8 Å². The van der Waals surface area contributed by atoms with Crippen molar-refractivity contribution in [2.75, 3.05) is 0 Å². The number of aliphatic hydroxyl groups is 2. The van der Waals surface area contributed by atoms with E-state index in [9.17, 15) is 20.3 Å². The van der Waals surface area contributed by atoms with E-state index in [1.165, 1.54) is 6.33 Å². The van der Waals surface area contributed by atoms with Gasteiger partial charge in [0.05, 0.1) is 6.10 Å². The molecule has 94 valence electrons. The van der Waals surface area contributed by atoms with Crippen LogP contribution in [0, 0.1) is 10.1 Å². The zero-order valence-electron chi connectivity index (χ0n) is 9.13. The van der Waals surface area contributed by atoms with Gasteiger partial charge in [0, 0.05) is 0 Å². The van der Waals surface area contributed by atoms with Crippen molar-refractivity contribution < 1.29 is 19.9 Å². The van der Waals surface area contributed by atoms with Crippen LogP contribution in [-0.2, 0) is 4.74 Å². The highest BCUT2D eigenvalue weighted by atomic mass is 16.6. The molecule has 1 aliphatic heterocycles. The van der Waals surface area contributed by atoms with Gasteiger partial charge < -0.3 is 25.1 Å².